The van der Waals surface area contributed by atoms with E-state index in [0.717, 1.165) is 41.8 Å². The van der Waals surface area contributed by atoms with Gasteiger partial charge in [-0.2, -0.15) is 8.42 Å². The van der Waals surface area contributed by atoms with E-state index in [4.69, 9.17) is 15.8 Å². The fraction of sp³-hybridized carbons (Fsp3) is 0.486. The molecule has 0 unspecified atom stereocenters. The Morgan fingerprint density at radius 3 is 1.62 bits per heavy atom. The first kappa shape index (κ1) is 38.9. The van der Waals surface area contributed by atoms with Crippen LogP contribution < -0.4 is 0 Å². The Balaban J connectivity index is 0.000000537. The lowest BCUT2D eigenvalue weighted by atomic mass is 10.1. The van der Waals surface area contributed by atoms with Crippen LogP contribution in [0.25, 0.3) is 0 Å². The molecule has 0 amide bonds. The van der Waals surface area contributed by atoms with Crippen LogP contribution in [0.5, 0.6) is 0 Å². The smallest absolute Gasteiger partial charge is 0.296 e. The minimum atomic E-state index is -4.27. The lowest BCUT2D eigenvalue weighted by Gasteiger charge is -2.37. The molecule has 0 atom stereocenters. The molecule has 0 radical (unpaired) electrons. The molecule has 45 heavy (non-hydrogen) atoms. The molecule has 0 aliphatic rings. The molecule has 10 heteroatoms. The summed E-state index contributed by atoms with van der Waals surface area (Å²) in [4.78, 5) is 0.0580. The molecule has 0 aromatic heterocycles. The van der Waals surface area contributed by atoms with Crippen molar-refractivity contribution in [2.24, 2.45) is 0 Å². The third-order valence-corrected chi connectivity index (χ3v) is 10.7. The lowest BCUT2D eigenvalue weighted by molar-refractivity contribution is -0.925. The van der Waals surface area contributed by atoms with Gasteiger partial charge in [-0.25, -0.2) is 8.42 Å². The van der Waals surface area contributed by atoms with Crippen molar-refractivity contribution in [2.45, 2.75) is 88.9 Å². The molecule has 0 heterocycles. The Morgan fingerprint density at radius 2 is 1.11 bits per heavy atom. The van der Waals surface area contributed by atoms with Crippen molar-refractivity contribution in [3.63, 3.8) is 0 Å². The van der Waals surface area contributed by atoms with E-state index in [1.54, 1.807) is 36.4 Å². The van der Waals surface area contributed by atoms with Gasteiger partial charge in [-0.1, -0.05) is 72.0 Å². The van der Waals surface area contributed by atoms with Crippen molar-refractivity contribution >= 4 is 31.8 Å². The van der Waals surface area contributed by atoms with E-state index in [9.17, 15) is 21.4 Å². The summed E-state index contributed by atoms with van der Waals surface area (Å²) in [6.07, 6.45) is 8.89. The highest BCUT2D eigenvalue weighted by Gasteiger charge is 2.22. The third-order valence-electron chi connectivity index (χ3n) is 8.24. The van der Waals surface area contributed by atoms with Gasteiger partial charge in [0.25, 0.3) is 10.1 Å². The van der Waals surface area contributed by atoms with Crippen molar-refractivity contribution in [2.75, 3.05) is 32.8 Å². The highest BCUT2D eigenvalue weighted by atomic mass is 35.5. The molecule has 3 rings (SSSR count). The normalized spacial score (nSPS) is 12.0. The Kier molecular flexibility index (Phi) is 16.8. The number of hydrogen-bond acceptors (Lipinski definition) is 6. The highest BCUT2D eigenvalue weighted by Crippen LogP contribution is 2.17. The molecule has 0 aliphatic heterocycles. The molecule has 7 nitrogen and oxygen atoms in total. The van der Waals surface area contributed by atoms with Crippen LogP contribution in [0.3, 0.4) is 0 Å². The first-order valence-corrected chi connectivity index (χ1v) is 19.1. The standard InChI is InChI=1S/C28H43ClNO3S.C7H8O3S/c1-4-30(5-2,23-11-9-13-26-16-18-27(29)19-17-26)22-10-7-6-8-12-24-33-34(31,32)28-20-14-25(3)15-21-28;1-6-2-4-7(5-3-6)11(8,9)10/h14-21H,4-13,22-24H2,1-3H3;2-5H,1H3,(H,8,9,10)/q+1;/p-1. The van der Waals surface area contributed by atoms with E-state index >= 15 is 0 Å². The monoisotopic (exact) mass is 679 g/mol. The minimum absolute atomic E-state index is 0.178. The van der Waals surface area contributed by atoms with Crippen LogP contribution in [-0.2, 0) is 30.8 Å². The summed E-state index contributed by atoms with van der Waals surface area (Å²) < 4.78 is 62.0. The number of unbranched alkanes of at least 4 members (excludes halogenated alkanes) is 5. The summed E-state index contributed by atoms with van der Waals surface area (Å²) in [7, 11) is -7.91. The van der Waals surface area contributed by atoms with Gasteiger partial charge >= 0.3 is 0 Å². The predicted octanol–water partition coefficient (Wildman–Crippen LogP) is 8.08. The number of aryl methyl sites for hydroxylation is 3. The summed E-state index contributed by atoms with van der Waals surface area (Å²) in [5.41, 5.74) is 3.33. The van der Waals surface area contributed by atoms with E-state index in [2.05, 4.69) is 26.0 Å². The summed E-state index contributed by atoms with van der Waals surface area (Å²) in [5, 5.41) is 0.802. The van der Waals surface area contributed by atoms with Gasteiger partial charge in [-0.3, -0.25) is 4.18 Å². The van der Waals surface area contributed by atoms with Gasteiger partial charge in [-0.05, 0) is 108 Å². The van der Waals surface area contributed by atoms with Crippen LogP contribution in [0.2, 0.25) is 5.02 Å². The fourth-order valence-electron chi connectivity index (χ4n) is 5.12. The van der Waals surface area contributed by atoms with E-state index < -0.39 is 20.2 Å². The van der Waals surface area contributed by atoms with Gasteiger partial charge in [0, 0.05) is 5.02 Å². The van der Waals surface area contributed by atoms with Gasteiger partial charge in [0.05, 0.1) is 42.6 Å². The van der Waals surface area contributed by atoms with Crippen molar-refractivity contribution < 1.29 is 30.1 Å². The largest absolute Gasteiger partial charge is 0.744 e. The molecule has 0 bridgehead atoms. The van der Waals surface area contributed by atoms with Crippen molar-refractivity contribution in [3.05, 3.63) is 94.5 Å². The van der Waals surface area contributed by atoms with Crippen molar-refractivity contribution in [3.8, 4) is 0 Å². The SMILES string of the molecule is CC[N+](CC)(CCCCCCCOS(=O)(=O)c1ccc(C)cc1)CCCCc1ccc(Cl)cc1.Cc1ccc(S(=O)(=O)[O-])cc1. The maximum atomic E-state index is 12.2. The maximum absolute atomic E-state index is 12.2. The average Bonchev–Trinajstić information content (AvgIpc) is 3.01. The van der Waals surface area contributed by atoms with Gasteiger partial charge in [0.15, 0.2) is 0 Å². The maximum Gasteiger partial charge on any atom is 0.296 e. The molecule has 0 saturated carbocycles. The Bertz CT molecular complexity index is 1470. The quantitative estimate of drug-likeness (QED) is 0.0583. The zero-order valence-corrected chi connectivity index (χ0v) is 29.6. The second kappa shape index (κ2) is 19.4. The molecule has 0 fully saturated rings. The molecule has 3 aromatic carbocycles. The topological polar surface area (TPSA) is 101 Å². The predicted molar refractivity (Wildman–Crippen MR) is 182 cm³/mol. The van der Waals surface area contributed by atoms with Crippen LogP contribution in [0.4, 0.5) is 0 Å². The average molecular weight is 680 g/mol. The first-order valence-electron chi connectivity index (χ1n) is 15.9. The number of rotatable bonds is 18. The van der Waals surface area contributed by atoms with Crippen LogP contribution in [0.15, 0.2) is 82.6 Å². The summed E-state index contributed by atoms with van der Waals surface area (Å²) in [6.45, 7) is 13.5. The molecule has 250 valence electrons. The van der Waals surface area contributed by atoms with Gasteiger partial charge < -0.3 is 9.04 Å². The Labute approximate surface area is 277 Å². The number of halogens is 1. The van der Waals surface area contributed by atoms with Crippen LogP contribution in [0.1, 0.15) is 75.5 Å². The zero-order valence-electron chi connectivity index (χ0n) is 27.2. The van der Waals surface area contributed by atoms with E-state index in [1.165, 1.54) is 74.0 Å². The molecular formula is C35H50ClNO6S2. The van der Waals surface area contributed by atoms with Gasteiger partial charge in [-0.15, -0.1) is 0 Å². The Morgan fingerprint density at radius 1 is 0.644 bits per heavy atom. The minimum Gasteiger partial charge on any atom is -0.744 e. The van der Waals surface area contributed by atoms with Gasteiger partial charge in [0.2, 0.25) is 0 Å². The molecule has 3 aromatic rings. The van der Waals surface area contributed by atoms with E-state index in [0.29, 0.717) is 0 Å². The summed E-state index contributed by atoms with van der Waals surface area (Å²) in [6, 6.07) is 20.8. The van der Waals surface area contributed by atoms with Gasteiger partial charge in [0.1, 0.15) is 10.1 Å². The van der Waals surface area contributed by atoms with Crippen LogP contribution in [-0.4, -0.2) is 58.7 Å². The molecule has 0 aliphatic carbocycles. The number of hydrogen-bond donors (Lipinski definition) is 0. The molecule has 0 spiro atoms. The van der Waals surface area contributed by atoms with Crippen molar-refractivity contribution in [1.82, 2.24) is 0 Å². The van der Waals surface area contributed by atoms with Crippen LogP contribution in [0, 0.1) is 13.8 Å². The number of benzene rings is 3. The fourth-order valence-corrected chi connectivity index (χ4v) is 6.66. The summed E-state index contributed by atoms with van der Waals surface area (Å²) >= 11 is 5.98. The third kappa shape index (κ3) is 14.8. The van der Waals surface area contributed by atoms with Crippen molar-refractivity contribution in [1.29, 1.82) is 0 Å². The number of nitrogens with zero attached hydrogens (tertiary/aromatic N) is 1. The number of quaternary nitrogens is 1. The lowest BCUT2D eigenvalue weighted by Crippen LogP contribution is -2.49. The van der Waals surface area contributed by atoms with E-state index in [1.807, 2.05) is 26.0 Å². The second-order valence-corrected chi connectivity index (χ2v) is 15.1. The zero-order chi connectivity index (χ0) is 33.3. The van der Waals surface area contributed by atoms with Crippen LogP contribution >= 0.6 is 11.6 Å². The first-order chi connectivity index (χ1) is 21.3. The second-order valence-electron chi connectivity index (χ2n) is 11.6. The highest BCUT2D eigenvalue weighted by molar-refractivity contribution is 7.86. The molecule has 0 saturated heterocycles. The van der Waals surface area contributed by atoms with E-state index in [-0.39, 0.29) is 16.4 Å². The summed E-state index contributed by atoms with van der Waals surface area (Å²) in [5.74, 6) is 0. The molecule has 0 N–H and O–H groups in total. The Hall–Kier alpha value is -2.27. The molecular weight excluding hydrogens is 630 g/mol.